The van der Waals surface area contributed by atoms with Gasteiger partial charge >= 0.3 is 10.1 Å². The van der Waals surface area contributed by atoms with E-state index in [0.29, 0.717) is 16.6 Å². The fourth-order valence-electron chi connectivity index (χ4n) is 1.80. The van der Waals surface area contributed by atoms with Gasteiger partial charge in [-0.1, -0.05) is 18.2 Å². The Labute approximate surface area is 137 Å². The molecule has 2 rings (SSSR count). The first kappa shape index (κ1) is 16.8. The Hall–Kier alpha value is -1.57. The summed E-state index contributed by atoms with van der Waals surface area (Å²) in [6, 6.07) is 11.0. The van der Waals surface area contributed by atoms with Crippen molar-refractivity contribution in [2.24, 2.45) is 0 Å². The molecule has 0 atom stereocenters. The van der Waals surface area contributed by atoms with E-state index in [9.17, 15) is 13.5 Å². The summed E-state index contributed by atoms with van der Waals surface area (Å²) >= 11 is 3.25. The maximum Gasteiger partial charge on any atom is 0.339 e. The number of benzene rings is 2. The molecule has 0 unspecified atom stereocenters. The van der Waals surface area contributed by atoms with E-state index in [4.69, 9.17) is 8.92 Å². The fraction of sp³-hybridized carbons (Fsp3) is 0.200. The first-order chi connectivity index (χ1) is 10.5. The number of ether oxygens (including phenoxy) is 1. The lowest BCUT2D eigenvalue weighted by atomic mass is 10.2. The number of aliphatic hydroxyl groups excluding tert-OH is 1. The summed E-state index contributed by atoms with van der Waals surface area (Å²) < 4.78 is 35.7. The van der Waals surface area contributed by atoms with Crippen LogP contribution in [0, 0.1) is 0 Å². The van der Waals surface area contributed by atoms with Crippen LogP contribution in [0.25, 0.3) is 0 Å². The van der Waals surface area contributed by atoms with Gasteiger partial charge in [-0.25, -0.2) is 0 Å². The highest BCUT2D eigenvalue weighted by Crippen LogP contribution is 2.38. The highest BCUT2D eigenvalue weighted by molar-refractivity contribution is 9.10. The minimum Gasteiger partial charge on any atom is -0.490 e. The summed E-state index contributed by atoms with van der Waals surface area (Å²) in [5, 5.41) is 9.22. The van der Waals surface area contributed by atoms with E-state index in [1.807, 2.05) is 0 Å². The normalized spacial score (nSPS) is 11.2. The van der Waals surface area contributed by atoms with Crippen molar-refractivity contribution in [3.05, 3.63) is 52.5 Å². The van der Waals surface area contributed by atoms with Crippen LogP contribution >= 0.6 is 15.9 Å². The molecule has 7 heteroatoms. The molecule has 118 valence electrons. The minimum absolute atomic E-state index is 0.0515. The van der Waals surface area contributed by atoms with Crippen LogP contribution in [-0.2, 0) is 16.7 Å². The second-order valence-corrected chi connectivity index (χ2v) is 6.75. The molecule has 0 amide bonds. The zero-order valence-corrected chi connectivity index (χ0v) is 14.2. The molecule has 0 heterocycles. The number of halogens is 1. The average Bonchev–Trinajstić information content (AvgIpc) is 2.51. The summed E-state index contributed by atoms with van der Waals surface area (Å²) in [7, 11) is -3.97. The van der Waals surface area contributed by atoms with Crippen molar-refractivity contribution in [1.82, 2.24) is 0 Å². The third kappa shape index (κ3) is 3.79. The van der Waals surface area contributed by atoms with Crippen LogP contribution in [0.2, 0.25) is 0 Å². The molecule has 2 aromatic carbocycles. The van der Waals surface area contributed by atoms with Crippen molar-refractivity contribution in [3.8, 4) is 11.5 Å². The van der Waals surface area contributed by atoms with Gasteiger partial charge in [-0.15, -0.1) is 0 Å². The predicted octanol–water partition coefficient (Wildman–Crippen LogP) is 3.11. The van der Waals surface area contributed by atoms with E-state index in [1.165, 1.54) is 12.1 Å². The summed E-state index contributed by atoms with van der Waals surface area (Å²) in [5.41, 5.74) is 0.583. The van der Waals surface area contributed by atoms with Gasteiger partial charge < -0.3 is 14.0 Å². The SMILES string of the molecule is CCOc1cc(CO)cc(Br)c1OS(=O)(=O)c1ccccc1. The van der Waals surface area contributed by atoms with E-state index in [-0.39, 0.29) is 23.0 Å². The number of hydrogen-bond acceptors (Lipinski definition) is 5. The molecule has 0 spiro atoms. The molecule has 0 bridgehead atoms. The predicted molar refractivity (Wildman–Crippen MR) is 85.5 cm³/mol. The molecule has 0 aliphatic carbocycles. The fourth-order valence-corrected chi connectivity index (χ4v) is 3.46. The number of aliphatic hydroxyl groups is 1. The van der Waals surface area contributed by atoms with Crippen molar-refractivity contribution in [1.29, 1.82) is 0 Å². The van der Waals surface area contributed by atoms with Gasteiger partial charge in [0, 0.05) is 0 Å². The summed E-state index contributed by atoms with van der Waals surface area (Å²) in [6.45, 7) is 1.92. The second kappa shape index (κ2) is 7.13. The topological polar surface area (TPSA) is 72.8 Å². The molecule has 0 saturated carbocycles. The van der Waals surface area contributed by atoms with Gasteiger partial charge in [0.05, 0.1) is 17.7 Å². The zero-order valence-electron chi connectivity index (χ0n) is 11.8. The first-order valence-corrected chi connectivity index (χ1v) is 8.73. The van der Waals surface area contributed by atoms with Gasteiger partial charge in [-0.2, -0.15) is 8.42 Å². The van der Waals surface area contributed by atoms with Crippen LogP contribution in [0.1, 0.15) is 12.5 Å². The van der Waals surface area contributed by atoms with Crippen LogP contribution in [0.4, 0.5) is 0 Å². The van der Waals surface area contributed by atoms with E-state index in [0.717, 1.165) is 0 Å². The number of rotatable bonds is 6. The summed E-state index contributed by atoms with van der Waals surface area (Å²) in [5.74, 6) is 0.309. The molecular formula is C15H15BrO5S. The van der Waals surface area contributed by atoms with Crippen molar-refractivity contribution < 1.29 is 22.4 Å². The Morgan fingerprint density at radius 1 is 1.18 bits per heavy atom. The quantitative estimate of drug-likeness (QED) is 0.772. The van der Waals surface area contributed by atoms with Crippen LogP contribution in [0.15, 0.2) is 51.8 Å². The maximum atomic E-state index is 12.3. The van der Waals surface area contributed by atoms with Gasteiger partial charge in [0.25, 0.3) is 0 Å². The van der Waals surface area contributed by atoms with Crippen LogP contribution in [0.3, 0.4) is 0 Å². The van der Waals surface area contributed by atoms with E-state index >= 15 is 0 Å². The second-order valence-electron chi connectivity index (χ2n) is 4.35. The Kier molecular flexibility index (Phi) is 5.44. The molecule has 1 N–H and O–H groups in total. The van der Waals surface area contributed by atoms with Crippen LogP contribution in [-0.4, -0.2) is 20.1 Å². The molecule has 0 radical (unpaired) electrons. The first-order valence-electron chi connectivity index (χ1n) is 6.53. The van der Waals surface area contributed by atoms with Crippen molar-refractivity contribution in [3.63, 3.8) is 0 Å². The zero-order chi connectivity index (χ0) is 16.2. The number of hydrogen-bond donors (Lipinski definition) is 1. The van der Waals surface area contributed by atoms with Gasteiger partial charge in [-0.05, 0) is 52.7 Å². The highest BCUT2D eigenvalue weighted by atomic mass is 79.9. The molecule has 5 nitrogen and oxygen atoms in total. The molecule has 0 saturated heterocycles. The Balaban J connectivity index is 2.44. The molecule has 0 aromatic heterocycles. The van der Waals surface area contributed by atoms with Gasteiger partial charge in [0.15, 0.2) is 11.5 Å². The smallest absolute Gasteiger partial charge is 0.339 e. The summed E-state index contributed by atoms with van der Waals surface area (Å²) in [6.07, 6.45) is 0. The third-order valence-corrected chi connectivity index (χ3v) is 4.60. The van der Waals surface area contributed by atoms with Crippen molar-refractivity contribution >= 4 is 26.0 Å². The maximum absolute atomic E-state index is 12.3. The van der Waals surface area contributed by atoms with Crippen LogP contribution in [0.5, 0.6) is 11.5 Å². The lowest BCUT2D eigenvalue weighted by molar-refractivity contribution is 0.279. The van der Waals surface area contributed by atoms with E-state index < -0.39 is 10.1 Å². The van der Waals surface area contributed by atoms with Crippen molar-refractivity contribution in [2.45, 2.75) is 18.4 Å². The van der Waals surface area contributed by atoms with E-state index in [2.05, 4.69) is 15.9 Å². The Morgan fingerprint density at radius 2 is 1.86 bits per heavy atom. The molecule has 0 fully saturated rings. The van der Waals surface area contributed by atoms with Gasteiger partial charge in [0.2, 0.25) is 0 Å². The largest absolute Gasteiger partial charge is 0.490 e. The molecular weight excluding hydrogens is 372 g/mol. The Bertz CT molecular complexity index is 744. The third-order valence-electron chi connectivity index (χ3n) is 2.78. The highest BCUT2D eigenvalue weighted by Gasteiger charge is 2.21. The standard InChI is InChI=1S/C15H15BrO5S/c1-2-20-14-9-11(10-17)8-13(16)15(14)21-22(18,19)12-6-4-3-5-7-12/h3-9,17H,2,10H2,1H3. The molecule has 0 aliphatic rings. The van der Waals surface area contributed by atoms with Gasteiger partial charge in [-0.3, -0.25) is 0 Å². The van der Waals surface area contributed by atoms with E-state index in [1.54, 1.807) is 37.3 Å². The Morgan fingerprint density at radius 3 is 2.45 bits per heavy atom. The van der Waals surface area contributed by atoms with Crippen LogP contribution < -0.4 is 8.92 Å². The molecule has 2 aromatic rings. The average molecular weight is 387 g/mol. The lowest BCUT2D eigenvalue weighted by Crippen LogP contribution is -2.11. The van der Waals surface area contributed by atoms with Crippen molar-refractivity contribution in [2.75, 3.05) is 6.61 Å². The molecule has 22 heavy (non-hydrogen) atoms. The monoisotopic (exact) mass is 386 g/mol. The molecule has 0 aliphatic heterocycles. The minimum atomic E-state index is -3.97. The summed E-state index contributed by atoms with van der Waals surface area (Å²) in [4.78, 5) is 0.0515. The van der Waals surface area contributed by atoms with Gasteiger partial charge in [0.1, 0.15) is 4.90 Å². The lowest BCUT2D eigenvalue weighted by Gasteiger charge is -2.14.